The van der Waals surface area contributed by atoms with E-state index in [1.54, 1.807) is 37.3 Å². The molecule has 27 heavy (non-hydrogen) atoms. The molecule has 7 nitrogen and oxygen atoms in total. The third-order valence-corrected chi connectivity index (χ3v) is 4.96. The van der Waals surface area contributed by atoms with Crippen molar-refractivity contribution in [1.82, 2.24) is 19.4 Å². The van der Waals surface area contributed by atoms with Crippen LogP contribution in [0.4, 0.5) is 10.5 Å². The molecule has 144 valence electrons. The number of likely N-dealkylation sites (tertiary alicyclic amines) is 1. The third kappa shape index (κ3) is 4.67. The van der Waals surface area contributed by atoms with Crippen molar-refractivity contribution in [2.75, 3.05) is 32.5 Å². The summed E-state index contributed by atoms with van der Waals surface area (Å²) in [7, 11) is 3.45. The summed E-state index contributed by atoms with van der Waals surface area (Å²) in [5, 5.41) is 3.00. The number of benzene rings is 1. The predicted molar refractivity (Wildman–Crippen MR) is 105 cm³/mol. The van der Waals surface area contributed by atoms with Crippen LogP contribution in [0.1, 0.15) is 28.8 Å². The van der Waals surface area contributed by atoms with Crippen LogP contribution in [0.3, 0.4) is 0 Å². The van der Waals surface area contributed by atoms with Crippen LogP contribution < -0.4 is 5.32 Å². The largest absolute Gasteiger partial charge is 0.345 e. The van der Waals surface area contributed by atoms with Gasteiger partial charge in [-0.2, -0.15) is 0 Å². The van der Waals surface area contributed by atoms with E-state index in [0.717, 1.165) is 43.7 Å². The van der Waals surface area contributed by atoms with Crippen LogP contribution in [0.2, 0.25) is 0 Å². The molecule has 2 aromatic rings. The number of aryl methyl sites for hydroxylation is 1. The van der Waals surface area contributed by atoms with E-state index in [1.165, 1.54) is 0 Å². The first-order chi connectivity index (χ1) is 12.9. The third-order valence-electron chi connectivity index (χ3n) is 4.96. The number of carbonyl (C=O) groups is 2. The minimum atomic E-state index is -0.0832. The average Bonchev–Trinajstić information content (AvgIpc) is 3.15. The summed E-state index contributed by atoms with van der Waals surface area (Å²) in [6.45, 7) is 4.28. The van der Waals surface area contributed by atoms with Crippen molar-refractivity contribution in [3.05, 3.63) is 48.0 Å². The highest BCUT2D eigenvalue weighted by Gasteiger charge is 2.24. The number of aromatic nitrogens is 2. The Labute approximate surface area is 160 Å². The summed E-state index contributed by atoms with van der Waals surface area (Å²) in [6, 6.07) is 5.29. The molecule has 1 atom stereocenters. The Kier molecular flexibility index (Phi) is 5.78. The molecule has 3 rings (SSSR count). The summed E-state index contributed by atoms with van der Waals surface area (Å²) >= 11 is 0. The lowest BCUT2D eigenvalue weighted by Gasteiger charge is -2.33. The molecule has 1 aromatic carbocycles. The van der Waals surface area contributed by atoms with Gasteiger partial charge in [0, 0.05) is 57.4 Å². The number of anilines is 1. The number of piperidine rings is 1. The van der Waals surface area contributed by atoms with Gasteiger partial charge < -0.3 is 19.7 Å². The van der Waals surface area contributed by atoms with Crippen molar-refractivity contribution in [2.24, 2.45) is 5.92 Å². The van der Waals surface area contributed by atoms with Crippen LogP contribution in [0.25, 0.3) is 0 Å². The highest BCUT2D eigenvalue weighted by molar-refractivity contribution is 5.96. The zero-order valence-corrected chi connectivity index (χ0v) is 16.2. The Bertz CT molecular complexity index is 801. The van der Waals surface area contributed by atoms with Crippen LogP contribution in [-0.4, -0.2) is 58.5 Å². The first-order valence-corrected chi connectivity index (χ1v) is 9.28. The van der Waals surface area contributed by atoms with E-state index in [-0.39, 0.29) is 11.9 Å². The second-order valence-electron chi connectivity index (χ2n) is 7.37. The Balaban J connectivity index is 1.61. The smallest absolute Gasteiger partial charge is 0.321 e. The van der Waals surface area contributed by atoms with Gasteiger partial charge in [0.2, 0.25) is 0 Å². The van der Waals surface area contributed by atoms with Gasteiger partial charge in [0.25, 0.3) is 5.91 Å². The number of nitrogens with zero attached hydrogens (tertiary/aromatic N) is 4. The second-order valence-corrected chi connectivity index (χ2v) is 7.37. The normalized spacial score (nSPS) is 16.9. The average molecular weight is 369 g/mol. The van der Waals surface area contributed by atoms with Crippen LogP contribution in [0.15, 0.2) is 36.9 Å². The first kappa shape index (κ1) is 18.9. The molecule has 0 aliphatic carbocycles. The number of rotatable bonds is 4. The van der Waals surface area contributed by atoms with Gasteiger partial charge in [-0.3, -0.25) is 4.79 Å². The molecule has 0 spiro atoms. The first-order valence-electron chi connectivity index (χ1n) is 9.28. The highest BCUT2D eigenvalue weighted by atomic mass is 16.2. The van der Waals surface area contributed by atoms with Gasteiger partial charge in [-0.25, -0.2) is 9.78 Å². The Morgan fingerprint density at radius 3 is 2.81 bits per heavy atom. The summed E-state index contributed by atoms with van der Waals surface area (Å²) < 4.78 is 2.07. The van der Waals surface area contributed by atoms with E-state index in [4.69, 9.17) is 0 Å². The predicted octanol–water partition coefficient (Wildman–Crippen LogP) is 2.84. The van der Waals surface area contributed by atoms with Crippen molar-refractivity contribution in [3.8, 4) is 0 Å². The van der Waals surface area contributed by atoms with Crippen LogP contribution in [-0.2, 0) is 6.54 Å². The van der Waals surface area contributed by atoms with Crippen LogP contribution in [0, 0.1) is 12.8 Å². The van der Waals surface area contributed by atoms with Gasteiger partial charge in [0.15, 0.2) is 0 Å². The number of amides is 3. The van der Waals surface area contributed by atoms with E-state index in [0.29, 0.717) is 11.5 Å². The summed E-state index contributed by atoms with van der Waals surface area (Å²) in [5.41, 5.74) is 2.24. The Morgan fingerprint density at radius 2 is 2.15 bits per heavy atom. The fourth-order valence-corrected chi connectivity index (χ4v) is 3.48. The molecule has 2 heterocycles. The zero-order valence-electron chi connectivity index (χ0n) is 16.2. The molecule has 0 bridgehead atoms. The maximum Gasteiger partial charge on any atom is 0.321 e. The molecular weight excluding hydrogens is 342 g/mol. The van der Waals surface area contributed by atoms with Gasteiger partial charge in [0.1, 0.15) is 0 Å². The second kappa shape index (κ2) is 8.24. The van der Waals surface area contributed by atoms with E-state index < -0.39 is 0 Å². The summed E-state index contributed by atoms with van der Waals surface area (Å²) in [4.78, 5) is 32.3. The number of carbonyl (C=O) groups excluding carboxylic acids is 2. The summed E-state index contributed by atoms with van der Waals surface area (Å²) in [6.07, 6.45) is 7.67. The standard InChI is InChI=1S/C20H27N5O2/c1-15-11-17(19(26)23(2)3)6-7-18(15)22-20(27)25-9-4-5-16(13-25)12-24-10-8-21-14-24/h6-8,10-11,14,16H,4-5,9,12-13H2,1-3H3,(H,22,27). The Morgan fingerprint density at radius 1 is 1.33 bits per heavy atom. The van der Waals surface area contributed by atoms with Crippen LogP contribution >= 0.6 is 0 Å². The maximum atomic E-state index is 12.7. The number of urea groups is 1. The van der Waals surface area contributed by atoms with Gasteiger partial charge >= 0.3 is 6.03 Å². The molecule has 1 unspecified atom stereocenters. The highest BCUT2D eigenvalue weighted by Crippen LogP contribution is 2.21. The van der Waals surface area contributed by atoms with Gasteiger partial charge in [-0.05, 0) is 49.4 Å². The topological polar surface area (TPSA) is 70.5 Å². The molecule has 1 aliphatic heterocycles. The molecule has 0 saturated carbocycles. The number of hydrogen-bond donors (Lipinski definition) is 1. The molecule has 7 heteroatoms. The lowest BCUT2D eigenvalue weighted by molar-refractivity contribution is 0.0827. The quantitative estimate of drug-likeness (QED) is 0.901. The molecule has 1 aliphatic rings. The minimum Gasteiger partial charge on any atom is -0.345 e. The zero-order chi connectivity index (χ0) is 19.4. The minimum absolute atomic E-state index is 0.0469. The van der Waals surface area contributed by atoms with Crippen molar-refractivity contribution < 1.29 is 9.59 Å². The fraction of sp³-hybridized carbons (Fsp3) is 0.450. The fourth-order valence-electron chi connectivity index (χ4n) is 3.48. The summed E-state index contributed by atoms with van der Waals surface area (Å²) in [5.74, 6) is 0.384. The molecule has 0 radical (unpaired) electrons. The van der Waals surface area contributed by atoms with E-state index in [2.05, 4.69) is 14.9 Å². The monoisotopic (exact) mass is 369 g/mol. The molecule has 1 saturated heterocycles. The van der Waals surface area contributed by atoms with Crippen molar-refractivity contribution in [1.29, 1.82) is 0 Å². The number of nitrogens with one attached hydrogen (secondary N) is 1. The molecule has 1 N–H and O–H groups in total. The maximum absolute atomic E-state index is 12.7. The van der Waals surface area contributed by atoms with E-state index >= 15 is 0 Å². The SMILES string of the molecule is Cc1cc(C(=O)N(C)C)ccc1NC(=O)N1CCCC(Cn2ccnc2)C1. The van der Waals surface area contributed by atoms with Gasteiger partial charge in [0.05, 0.1) is 6.33 Å². The Hall–Kier alpha value is -2.83. The van der Waals surface area contributed by atoms with Gasteiger partial charge in [-0.1, -0.05) is 0 Å². The van der Waals surface area contributed by atoms with Crippen molar-refractivity contribution in [2.45, 2.75) is 26.3 Å². The molecule has 1 fully saturated rings. The van der Waals surface area contributed by atoms with E-state index in [9.17, 15) is 9.59 Å². The van der Waals surface area contributed by atoms with Crippen LogP contribution in [0.5, 0.6) is 0 Å². The lowest BCUT2D eigenvalue weighted by atomic mass is 9.98. The molecule has 1 aromatic heterocycles. The number of hydrogen-bond acceptors (Lipinski definition) is 3. The number of imidazole rings is 1. The lowest BCUT2D eigenvalue weighted by Crippen LogP contribution is -2.43. The van der Waals surface area contributed by atoms with E-state index in [1.807, 2.05) is 30.4 Å². The molecular formula is C20H27N5O2. The van der Waals surface area contributed by atoms with Crippen molar-refractivity contribution in [3.63, 3.8) is 0 Å². The van der Waals surface area contributed by atoms with Crippen molar-refractivity contribution >= 4 is 17.6 Å². The van der Waals surface area contributed by atoms with Gasteiger partial charge in [-0.15, -0.1) is 0 Å². The molecule has 3 amide bonds.